The number of nitrogens with two attached hydrogens (primary N) is 1. The maximum Gasteiger partial charge on any atom is 0.136 e. The Morgan fingerprint density at radius 3 is 3.00 bits per heavy atom. The van der Waals surface area contributed by atoms with Crippen molar-refractivity contribution in [2.45, 2.75) is 6.54 Å². The molecule has 0 fully saturated rings. The van der Waals surface area contributed by atoms with Gasteiger partial charge in [-0.25, -0.2) is 4.39 Å². The second-order valence-electron chi connectivity index (χ2n) is 3.46. The summed E-state index contributed by atoms with van der Waals surface area (Å²) in [6, 6.07) is 4.31. The van der Waals surface area contributed by atoms with E-state index in [-0.39, 0.29) is 5.82 Å². The number of hydrogen-bond donors (Lipinski definition) is 1. The molecular formula is C11H11BrFN3O. The van der Waals surface area contributed by atoms with Gasteiger partial charge in [-0.05, 0) is 28.1 Å². The van der Waals surface area contributed by atoms with Crippen molar-refractivity contribution in [3.63, 3.8) is 0 Å². The van der Waals surface area contributed by atoms with Gasteiger partial charge >= 0.3 is 0 Å². The molecule has 90 valence electrons. The molecule has 1 heterocycles. The molecule has 17 heavy (non-hydrogen) atoms. The number of rotatable bonds is 4. The van der Waals surface area contributed by atoms with Crippen LogP contribution >= 0.6 is 15.9 Å². The molecule has 2 rings (SSSR count). The highest BCUT2D eigenvalue weighted by Gasteiger charge is 2.03. The lowest BCUT2D eigenvalue weighted by Gasteiger charge is -2.08. The summed E-state index contributed by atoms with van der Waals surface area (Å²) in [5.74, 6) is 0.150. The molecule has 0 bridgehead atoms. The van der Waals surface area contributed by atoms with E-state index in [1.165, 1.54) is 12.1 Å². The molecular weight excluding hydrogens is 289 g/mol. The number of nitrogens with zero attached hydrogens (tertiary/aromatic N) is 2. The van der Waals surface area contributed by atoms with Gasteiger partial charge in [0, 0.05) is 12.3 Å². The maximum atomic E-state index is 13.0. The minimum atomic E-state index is -0.327. The zero-order valence-electron chi connectivity index (χ0n) is 8.94. The van der Waals surface area contributed by atoms with Gasteiger partial charge in [-0.15, -0.1) is 0 Å². The fourth-order valence-corrected chi connectivity index (χ4v) is 1.70. The van der Waals surface area contributed by atoms with Gasteiger partial charge in [-0.1, -0.05) is 0 Å². The van der Waals surface area contributed by atoms with E-state index >= 15 is 0 Å². The van der Waals surface area contributed by atoms with Crippen molar-refractivity contribution in [1.29, 1.82) is 0 Å². The van der Waals surface area contributed by atoms with Gasteiger partial charge in [0.15, 0.2) is 0 Å². The Morgan fingerprint density at radius 2 is 2.29 bits per heavy atom. The van der Waals surface area contributed by atoms with E-state index in [1.54, 1.807) is 23.1 Å². The number of aromatic nitrogens is 2. The second kappa shape index (κ2) is 5.18. The topological polar surface area (TPSA) is 53.1 Å². The highest BCUT2D eigenvalue weighted by molar-refractivity contribution is 9.10. The third kappa shape index (κ3) is 3.20. The van der Waals surface area contributed by atoms with Crippen LogP contribution in [-0.4, -0.2) is 16.4 Å². The molecule has 0 spiro atoms. The van der Waals surface area contributed by atoms with Crippen LogP contribution in [0.25, 0.3) is 0 Å². The van der Waals surface area contributed by atoms with E-state index in [0.717, 1.165) is 4.47 Å². The van der Waals surface area contributed by atoms with E-state index in [9.17, 15) is 4.39 Å². The van der Waals surface area contributed by atoms with Crippen molar-refractivity contribution in [2.24, 2.45) is 0 Å². The Morgan fingerprint density at radius 1 is 1.47 bits per heavy atom. The van der Waals surface area contributed by atoms with Crippen LogP contribution in [0.2, 0.25) is 0 Å². The zero-order valence-corrected chi connectivity index (χ0v) is 10.5. The third-order valence-corrected chi connectivity index (χ3v) is 2.78. The van der Waals surface area contributed by atoms with Crippen molar-refractivity contribution in [3.8, 4) is 5.75 Å². The number of nitrogen functional groups attached to an aromatic ring is 1. The summed E-state index contributed by atoms with van der Waals surface area (Å²) in [6.45, 7) is 0.948. The number of ether oxygens (including phenoxy) is 1. The highest BCUT2D eigenvalue weighted by Crippen LogP contribution is 2.25. The van der Waals surface area contributed by atoms with E-state index in [0.29, 0.717) is 24.6 Å². The molecule has 2 N–H and O–H groups in total. The summed E-state index contributed by atoms with van der Waals surface area (Å²) in [5.41, 5.74) is 6.13. The molecule has 0 atom stereocenters. The van der Waals surface area contributed by atoms with Gasteiger partial charge in [0.05, 0.1) is 22.9 Å². The van der Waals surface area contributed by atoms with Crippen LogP contribution in [0.4, 0.5) is 10.1 Å². The summed E-state index contributed by atoms with van der Waals surface area (Å²) < 4.78 is 20.8. The van der Waals surface area contributed by atoms with Crippen molar-refractivity contribution in [2.75, 3.05) is 12.3 Å². The SMILES string of the molecule is Nc1cnn(CCOc2cc(F)ccc2Br)c1. The molecule has 0 radical (unpaired) electrons. The van der Waals surface area contributed by atoms with Crippen LogP contribution in [0.3, 0.4) is 0 Å². The molecule has 0 aliphatic carbocycles. The molecule has 0 aliphatic rings. The molecule has 0 aliphatic heterocycles. The van der Waals surface area contributed by atoms with Gasteiger partial charge in [0.25, 0.3) is 0 Å². The normalized spacial score (nSPS) is 10.5. The molecule has 6 heteroatoms. The number of benzene rings is 1. The fraction of sp³-hybridized carbons (Fsp3) is 0.182. The lowest BCUT2D eigenvalue weighted by Crippen LogP contribution is -2.08. The smallest absolute Gasteiger partial charge is 0.136 e. The summed E-state index contributed by atoms with van der Waals surface area (Å²) in [5, 5.41) is 4.01. The lowest BCUT2D eigenvalue weighted by atomic mass is 10.3. The van der Waals surface area contributed by atoms with Crippen LogP contribution in [0.15, 0.2) is 35.1 Å². The summed E-state index contributed by atoms with van der Waals surface area (Å²) in [6.07, 6.45) is 3.28. The Labute approximate surface area is 106 Å². The quantitative estimate of drug-likeness (QED) is 0.943. The van der Waals surface area contributed by atoms with Gasteiger partial charge in [0.2, 0.25) is 0 Å². The Hall–Kier alpha value is -1.56. The third-order valence-electron chi connectivity index (χ3n) is 2.12. The van der Waals surface area contributed by atoms with Gasteiger partial charge < -0.3 is 10.5 Å². The average molecular weight is 300 g/mol. The highest BCUT2D eigenvalue weighted by atomic mass is 79.9. The molecule has 0 unspecified atom stereocenters. The van der Waals surface area contributed by atoms with Crippen LogP contribution in [0, 0.1) is 5.82 Å². The molecule has 2 aromatic rings. The first-order valence-electron chi connectivity index (χ1n) is 5.01. The Balaban J connectivity index is 1.91. The lowest BCUT2D eigenvalue weighted by molar-refractivity contribution is 0.288. The maximum absolute atomic E-state index is 13.0. The summed E-state index contributed by atoms with van der Waals surface area (Å²) in [4.78, 5) is 0. The predicted molar refractivity (Wildman–Crippen MR) is 66.2 cm³/mol. The minimum Gasteiger partial charge on any atom is -0.490 e. The number of halogens is 2. The monoisotopic (exact) mass is 299 g/mol. The second-order valence-corrected chi connectivity index (χ2v) is 4.31. The van der Waals surface area contributed by atoms with Gasteiger partial charge in [0.1, 0.15) is 18.2 Å². The first-order chi connectivity index (χ1) is 8.15. The molecule has 1 aromatic heterocycles. The molecule has 4 nitrogen and oxygen atoms in total. The average Bonchev–Trinajstić information content (AvgIpc) is 2.69. The number of hydrogen-bond acceptors (Lipinski definition) is 3. The summed E-state index contributed by atoms with van der Waals surface area (Å²) >= 11 is 3.29. The molecule has 0 saturated heterocycles. The van der Waals surface area contributed by atoms with E-state index in [2.05, 4.69) is 21.0 Å². The van der Waals surface area contributed by atoms with E-state index in [1.807, 2.05) is 0 Å². The van der Waals surface area contributed by atoms with Crippen LogP contribution in [-0.2, 0) is 6.54 Å². The van der Waals surface area contributed by atoms with Crippen LogP contribution in [0.5, 0.6) is 5.75 Å². The van der Waals surface area contributed by atoms with Gasteiger partial charge in [-0.2, -0.15) is 5.10 Å². The fourth-order valence-electron chi connectivity index (χ4n) is 1.34. The summed E-state index contributed by atoms with van der Waals surface area (Å²) in [7, 11) is 0. The van der Waals surface area contributed by atoms with Crippen molar-refractivity contribution in [1.82, 2.24) is 9.78 Å². The molecule has 0 saturated carbocycles. The van der Waals surface area contributed by atoms with E-state index < -0.39 is 0 Å². The first kappa shape index (κ1) is 11.9. The molecule has 0 amide bonds. The largest absolute Gasteiger partial charge is 0.490 e. The van der Waals surface area contributed by atoms with Crippen LogP contribution < -0.4 is 10.5 Å². The Bertz CT molecular complexity index is 515. The van der Waals surface area contributed by atoms with Crippen molar-refractivity contribution >= 4 is 21.6 Å². The van der Waals surface area contributed by atoms with Crippen LogP contribution in [0.1, 0.15) is 0 Å². The van der Waals surface area contributed by atoms with Crippen molar-refractivity contribution < 1.29 is 9.13 Å². The minimum absolute atomic E-state index is 0.327. The first-order valence-corrected chi connectivity index (χ1v) is 5.80. The predicted octanol–water partition coefficient (Wildman–Crippen LogP) is 2.45. The number of anilines is 1. The standard InChI is InChI=1S/C11H11BrFN3O/c12-10-2-1-8(13)5-11(10)17-4-3-16-7-9(14)6-15-16/h1-2,5-7H,3-4,14H2. The van der Waals surface area contributed by atoms with Crippen molar-refractivity contribution in [3.05, 3.63) is 40.9 Å². The van der Waals surface area contributed by atoms with Gasteiger partial charge in [-0.3, -0.25) is 4.68 Å². The Kier molecular flexibility index (Phi) is 3.63. The molecule has 1 aromatic carbocycles. The van der Waals surface area contributed by atoms with E-state index in [4.69, 9.17) is 10.5 Å². The zero-order chi connectivity index (χ0) is 12.3.